The third-order valence-corrected chi connectivity index (χ3v) is 8.03. The van der Waals surface area contributed by atoms with Gasteiger partial charge < -0.3 is 10.2 Å². The molecule has 0 saturated carbocycles. The van der Waals surface area contributed by atoms with Crippen LogP contribution in [-0.4, -0.2) is 0 Å². The summed E-state index contributed by atoms with van der Waals surface area (Å²) in [7, 11) is 0. The van der Waals surface area contributed by atoms with Crippen molar-refractivity contribution < 1.29 is 0 Å². The van der Waals surface area contributed by atoms with Gasteiger partial charge in [0, 0.05) is 34.4 Å². The van der Waals surface area contributed by atoms with Crippen molar-refractivity contribution in [3.8, 4) is 0 Å². The predicted octanol–water partition coefficient (Wildman–Crippen LogP) is 10.2. The van der Waals surface area contributed by atoms with Gasteiger partial charge in [0.2, 0.25) is 0 Å². The van der Waals surface area contributed by atoms with Gasteiger partial charge >= 0.3 is 0 Å². The van der Waals surface area contributed by atoms with Crippen LogP contribution in [0.15, 0.2) is 134 Å². The molecule has 0 fully saturated rings. The molecule has 0 unspecified atom stereocenters. The number of rotatable bonds is 4. The van der Waals surface area contributed by atoms with Crippen LogP contribution in [0.5, 0.6) is 0 Å². The van der Waals surface area contributed by atoms with E-state index in [0.717, 1.165) is 11.4 Å². The monoisotopic (exact) mass is 502 g/mol. The van der Waals surface area contributed by atoms with Crippen LogP contribution < -0.4 is 10.2 Å². The van der Waals surface area contributed by atoms with Gasteiger partial charge in [-0.1, -0.05) is 98.8 Å². The molecule has 188 valence electrons. The van der Waals surface area contributed by atoms with Gasteiger partial charge in [0.1, 0.15) is 0 Å². The van der Waals surface area contributed by atoms with Gasteiger partial charge in [-0.05, 0) is 86.8 Å². The van der Waals surface area contributed by atoms with E-state index >= 15 is 0 Å². The molecule has 0 saturated heterocycles. The van der Waals surface area contributed by atoms with Gasteiger partial charge in [0.05, 0.1) is 0 Å². The Morgan fingerprint density at radius 1 is 0.538 bits per heavy atom. The van der Waals surface area contributed by atoms with E-state index in [1.54, 1.807) is 0 Å². The summed E-state index contributed by atoms with van der Waals surface area (Å²) < 4.78 is 0. The lowest BCUT2D eigenvalue weighted by Gasteiger charge is -2.35. The molecule has 6 aromatic carbocycles. The van der Waals surface area contributed by atoms with E-state index in [2.05, 4.69) is 164 Å². The molecule has 1 heterocycles. The fourth-order valence-corrected chi connectivity index (χ4v) is 5.85. The molecule has 7 rings (SSSR count). The van der Waals surface area contributed by atoms with E-state index < -0.39 is 0 Å². The molecule has 6 aromatic rings. The Kier molecular flexibility index (Phi) is 5.49. The van der Waals surface area contributed by atoms with Crippen molar-refractivity contribution in [2.75, 3.05) is 10.2 Å². The van der Waals surface area contributed by atoms with Gasteiger partial charge in [-0.2, -0.15) is 0 Å². The smallest absolute Gasteiger partial charge is 0.0461 e. The van der Waals surface area contributed by atoms with Crippen LogP contribution in [0.1, 0.15) is 30.5 Å². The third kappa shape index (κ3) is 4.15. The van der Waals surface area contributed by atoms with Gasteiger partial charge in [-0.15, -0.1) is 0 Å². The predicted molar refractivity (Wildman–Crippen MR) is 167 cm³/mol. The molecular weight excluding hydrogens is 472 g/mol. The summed E-state index contributed by atoms with van der Waals surface area (Å²) in [6, 6.07) is 45.8. The van der Waals surface area contributed by atoms with E-state index in [1.807, 2.05) is 0 Å². The highest BCUT2D eigenvalue weighted by atomic mass is 15.1. The van der Waals surface area contributed by atoms with E-state index in [9.17, 15) is 0 Å². The molecular formula is C37H30N2. The summed E-state index contributed by atoms with van der Waals surface area (Å²) in [6.45, 7) is 4.63. The van der Waals surface area contributed by atoms with Crippen molar-refractivity contribution in [1.29, 1.82) is 0 Å². The van der Waals surface area contributed by atoms with Crippen LogP contribution in [0.3, 0.4) is 0 Å². The van der Waals surface area contributed by atoms with Crippen molar-refractivity contribution in [3.05, 3.63) is 150 Å². The number of nitrogens with zero attached hydrogens (tertiary/aromatic N) is 1. The first-order chi connectivity index (χ1) is 19.1. The maximum absolute atomic E-state index is 3.64. The van der Waals surface area contributed by atoms with Crippen LogP contribution in [-0.2, 0) is 5.41 Å². The Bertz CT molecular complexity index is 1800. The Labute approximate surface area is 229 Å². The first-order valence-corrected chi connectivity index (χ1v) is 13.5. The van der Waals surface area contributed by atoms with E-state index in [0.29, 0.717) is 0 Å². The number of nitrogens with one attached hydrogen (secondary N) is 1. The zero-order chi connectivity index (χ0) is 26.4. The summed E-state index contributed by atoms with van der Waals surface area (Å²) in [5.41, 5.74) is 8.36. The zero-order valence-corrected chi connectivity index (χ0v) is 22.2. The average molecular weight is 503 g/mol. The van der Waals surface area contributed by atoms with Crippen LogP contribution in [0.25, 0.3) is 27.6 Å². The van der Waals surface area contributed by atoms with Gasteiger partial charge in [0.15, 0.2) is 0 Å². The highest BCUT2D eigenvalue weighted by Gasteiger charge is 2.32. The minimum atomic E-state index is -0.0859. The topological polar surface area (TPSA) is 15.3 Å². The van der Waals surface area contributed by atoms with Gasteiger partial charge in [-0.3, -0.25) is 0 Å². The summed E-state index contributed by atoms with van der Waals surface area (Å²) in [4.78, 5) is 2.29. The minimum Gasteiger partial charge on any atom is -0.355 e. The molecule has 2 heteroatoms. The van der Waals surface area contributed by atoms with Crippen molar-refractivity contribution in [3.63, 3.8) is 0 Å². The lowest BCUT2D eigenvalue weighted by molar-refractivity contribution is 0.638. The van der Waals surface area contributed by atoms with Crippen LogP contribution in [0.2, 0.25) is 0 Å². The molecule has 0 atom stereocenters. The Balaban J connectivity index is 1.31. The first-order valence-electron chi connectivity index (χ1n) is 13.5. The molecule has 1 aliphatic rings. The Morgan fingerprint density at radius 3 is 1.77 bits per heavy atom. The van der Waals surface area contributed by atoms with E-state index in [4.69, 9.17) is 0 Å². The SMILES string of the molecule is CC1(C)c2ccccc2Nc2ccc(/C=C/N(c3ccc4ccccc4c3)c3ccc4ccccc4c3)cc21. The second kappa shape index (κ2) is 9.18. The molecule has 0 amide bonds. The first kappa shape index (κ1) is 23.3. The number of hydrogen-bond donors (Lipinski definition) is 1. The maximum atomic E-state index is 3.64. The average Bonchev–Trinajstić information content (AvgIpc) is 2.97. The number of fused-ring (bicyclic) bond motifs is 4. The van der Waals surface area contributed by atoms with Crippen molar-refractivity contribution in [2.45, 2.75) is 19.3 Å². The summed E-state index contributed by atoms with van der Waals surface area (Å²) in [5, 5.41) is 8.59. The molecule has 0 bridgehead atoms. The number of para-hydroxylation sites is 1. The number of hydrogen-bond acceptors (Lipinski definition) is 2. The maximum Gasteiger partial charge on any atom is 0.0461 e. The minimum absolute atomic E-state index is 0.0859. The molecule has 0 aliphatic carbocycles. The number of benzene rings is 6. The molecule has 2 nitrogen and oxygen atoms in total. The van der Waals surface area contributed by atoms with Crippen molar-refractivity contribution >= 4 is 50.4 Å². The molecule has 0 aromatic heterocycles. The highest BCUT2D eigenvalue weighted by Crippen LogP contribution is 2.45. The standard InChI is InChI=1S/C37H30N2/c1-37(2)33-13-7-8-14-35(33)38-36-20-15-26(23-34(36)37)21-22-39(31-18-16-27-9-3-5-11-29(27)24-31)32-19-17-28-10-4-6-12-30(28)25-32/h3-25,38H,1-2H3/b22-21+. The lowest BCUT2D eigenvalue weighted by atomic mass is 9.74. The van der Waals surface area contributed by atoms with Gasteiger partial charge in [0.25, 0.3) is 0 Å². The zero-order valence-electron chi connectivity index (χ0n) is 22.2. The second-order valence-electron chi connectivity index (χ2n) is 10.8. The summed E-state index contributed by atoms with van der Waals surface area (Å²) >= 11 is 0. The Hall–Kier alpha value is -4.82. The highest BCUT2D eigenvalue weighted by molar-refractivity contribution is 5.90. The fraction of sp³-hybridized carbons (Fsp3) is 0.0811. The normalized spacial score (nSPS) is 13.7. The largest absolute Gasteiger partial charge is 0.355 e. The Morgan fingerprint density at radius 2 is 1.10 bits per heavy atom. The quantitative estimate of drug-likeness (QED) is 0.258. The molecule has 39 heavy (non-hydrogen) atoms. The van der Waals surface area contributed by atoms with Crippen molar-refractivity contribution in [2.24, 2.45) is 0 Å². The van der Waals surface area contributed by atoms with E-state index in [-0.39, 0.29) is 5.41 Å². The summed E-state index contributed by atoms with van der Waals surface area (Å²) in [6.07, 6.45) is 4.42. The van der Waals surface area contributed by atoms with Crippen LogP contribution >= 0.6 is 0 Å². The second-order valence-corrected chi connectivity index (χ2v) is 10.8. The third-order valence-electron chi connectivity index (χ3n) is 8.03. The van der Waals surface area contributed by atoms with Crippen LogP contribution in [0.4, 0.5) is 22.7 Å². The molecule has 0 radical (unpaired) electrons. The molecule has 1 N–H and O–H groups in total. The summed E-state index contributed by atoms with van der Waals surface area (Å²) in [5.74, 6) is 0. The van der Waals surface area contributed by atoms with Crippen molar-refractivity contribution in [1.82, 2.24) is 0 Å². The molecule has 0 spiro atoms. The van der Waals surface area contributed by atoms with E-state index in [1.165, 1.54) is 49.6 Å². The van der Waals surface area contributed by atoms with Gasteiger partial charge in [-0.25, -0.2) is 0 Å². The van der Waals surface area contributed by atoms with Crippen LogP contribution in [0, 0.1) is 0 Å². The molecule has 1 aliphatic heterocycles. The fourth-order valence-electron chi connectivity index (χ4n) is 5.85. The number of anilines is 4. The lowest BCUT2D eigenvalue weighted by Crippen LogP contribution is -2.25.